The second-order valence-electron chi connectivity index (χ2n) is 11.7. The van der Waals surface area contributed by atoms with E-state index in [0.29, 0.717) is 29.3 Å². The van der Waals surface area contributed by atoms with E-state index in [1.54, 1.807) is 35.1 Å². The number of nitrogens with zero attached hydrogens (tertiary/aromatic N) is 5. The van der Waals surface area contributed by atoms with Crippen LogP contribution >= 0.6 is 0 Å². The van der Waals surface area contributed by atoms with E-state index < -0.39 is 5.54 Å². The van der Waals surface area contributed by atoms with Crippen LogP contribution in [0.3, 0.4) is 0 Å². The lowest BCUT2D eigenvalue weighted by Crippen LogP contribution is -2.38. The molecule has 0 atom stereocenters. The zero-order valence-corrected chi connectivity index (χ0v) is 26.5. The van der Waals surface area contributed by atoms with E-state index in [-0.39, 0.29) is 23.6 Å². The van der Waals surface area contributed by atoms with Gasteiger partial charge in [-0.1, -0.05) is 96.2 Å². The van der Waals surface area contributed by atoms with Gasteiger partial charge in [0.1, 0.15) is 17.1 Å². The lowest BCUT2D eigenvalue weighted by Gasteiger charge is -2.38. The van der Waals surface area contributed by atoms with Crippen LogP contribution in [0.4, 0.5) is 0 Å². The van der Waals surface area contributed by atoms with Crippen molar-refractivity contribution in [1.82, 2.24) is 35.2 Å². The number of nitrogens with one attached hydrogen (secondary N) is 2. The monoisotopic (exact) mass is 633 g/mol. The van der Waals surface area contributed by atoms with Crippen LogP contribution in [0.2, 0.25) is 0 Å². The van der Waals surface area contributed by atoms with E-state index in [1.807, 2.05) is 43.5 Å². The van der Waals surface area contributed by atoms with Crippen molar-refractivity contribution in [1.29, 1.82) is 0 Å². The summed E-state index contributed by atoms with van der Waals surface area (Å²) in [4.78, 5) is 30.6. The zero-order valence-electron chi connectivity index (χ0n) is 26.5. The van der Waals surface area contributed by atoms with Crippen LogP contribution in [0.5, 0.6) is 0 Å². The number of hydrogen-bond acceptors (Lipinski definition) is 5. The largest absolute Gasteiger partial charge is 0.352 e. The van der Waals surface area contributed by atoms with E-state index in [4.69, 9.17) is 4.98 Å². The third kappa shape index (κ3) is 5.82. The number of rotatable bonds is 11. The lowest BCUT2D eigenvalue weighted by atomic mass is 9.76. The van der Waals surface area contributed by atoms with Crippen LogP contribution in [-0.2, 0) is 5.54 Å². The third-order valence-corrected chi connectivity index (χ3v) is 8.54. The van der Waals surface area contributed by atoms with Gasteiger partial charge in [0.05, 0.1) is 5.69 Å². The molecule has 7 rings (SSSR count). The highest BCUT2D eigenvalue weighted by Gasteiger charge is 2.39. The standard InChI is InChI=1S/C39H35N7O2/c1-2-40-37(47)28-18-22-33(23-19-28)46-34(36(43-44-46)38(48)42-32-20-21-32)24-25-35-41-26-27-45(35)39(29-12-6-3-7-13-29,30-14-8-4-9-15-30)31-16-10-5-11-17-31/h3-19,22-27,32H,2,20-21H2,1H3,(H,40,47)(H,42,48)/b25-24+. The van der Waals surface area contributed by atoms with Crippen molar-refractivity contribution in [3.8, 4) is 5.69 Å². The van der Waals surface area contributed by atoms with Gasteiger partial charge in [-0.3, -0.25) is 9.59 Å². The van der Waals surface area contributed by atoms with E-state index in [9.17, 15) is 9.59 Å². The van der Waals surface area contributed by atoms with Crippen molar-refractivity contribution < 1.29 is 9.59 Å². The Bertz CT molecular complexity index is 1950. The van der Waals surface area contributed by atoms with Gasteiger partial charge in [-0.2, -0.15) is 0 Å². The molecular weight excluding hydrogens is 598 g/mol. The first kappa shape index (κ1) is 30.6. The van der Waals surface area contributed by atoms with Gasteiger partial charge in [0, 0.05) is 30.5 Å². The Kier molecular flexibility index (Phi) is 8.49. The van der Waals surface area contributed by atoms with Crippen LogP contribution in [0, 0.1) is 0 Å². The SMILES string of the molecule is CCNC(=O)c1ccc(-n2nnc(C(=O)NC3CC3)c2/C=C/c2nccn2C(c2ccccc2)(c2ccccc2)c2ccccc2)cc1. The van der Waals surface area contributed by atoms with Crippen molar-refractivity contribution in [2.45, 2.75) is 31.3 Å². The average molecular weight is 634 g/mol. The van der Waals surface area contributed by atoms with Gasteiger partial charge < -0.3 is 15.2 Å². The van der Waals surface area contributed by atoms with Crippen LogP contribution < -0.4 is 10.6 Å². The first-order chi connectivity index (χ1) is 23.6. The molecule has 2 amide bonds. The molecule has 4 aromatic carbocycles. The fourth-order valence-corrected chi connectivity index (χ4v) is 6.12. The predicted molar refractivity (Wildman–Crippen MR) is 186 cm³/mol. The van der Waals surface area contributed by atoms with Crippen molar-refractivity contribution >= 4 is 24.0 Å². The van der Waals surface area contributed by atoms with E-state index in [1.165, 1.54) is 0 Å². The Morgan fingerprint density at radius 3 is 1.92 bits per heavy atom. The number of amides is 2. The molecule has 1 aliphatic rings. The summed E-state index contributed by atoms with van der Waals surface area (Å²) in [5.74, 6) is 0.232. The van der Waals surface area contributed by atoms with E-state index in [0.717, 1.165) is 29.5 Å². The van der Waals surface area contributed by atoms with Crippen molar-refractivity contribution in [3.05, 3.63) is 167 Å². The zero-order chi connectivity index (χ0) is 32.9. The Balaban J connectivity index is 1.37. The van der Waals surface area contributed by atoms with Crippen molar-refractivity contribution in [2.75, 3.05) is 6.54 Å². The highest BCUT2D eigenvalue weighted by atomic mass is 16.2. The van der Waals surface area contributed by atoms with Gasteiger partial charge in [0.15, 0.2) is 5.69 Å². The average Bonchev–Trinajstić information content (AvgIpc) is 3.65. The van der Waals surface area contributed by atoms with Crippen LogP contribution in [0.1, 0.15) is 68.8 Å². The molecule has 1 aliphatic carbocycles. The number of hydrogen-bond donors (Lipinski definition) is 2. The number of carbonyl (C=O) groups excluding carboxylic acids is 2. The molecule has 48 heavy (non-hydrogen) atoms. The first-order valence-electron chi connectivity index (χ1n) is 16.1. The topological polar surface area (TPSA) is 107 Å². The summed E-state index contributed by atoms with van der Waals surface area (Å²) in [6.07, 6.45) is 9.41. The summed E-state index contributed by atoms with van der Waals surface area (Å²) in [5.41, 5.74) is 4.35. The minimum absolute atomic E-state index is 0.151. The molecule has 0 radical (unpaired) electrons. The van der Waals surface area contributed by atoms with Gasteiger partial charge >= 0.3 is 0 Å². The summed E-state index contributed by atoms with van der Waals surface area (Å²) >= 11 is 0. The predicted octanol–water partition coefficient (Wildman–Crippen LogP) is 6.12. The summed E-state index contributed by atoms with van der Waals surface area (Å²) < 4.78 is 3.79. The second kappa shape index (κ2) is 13.3. The lowest BCUT2D eigenvalue weighted by molar-refractivity contribution is 0.0941. The maximum absolute atomic E-state index is 13.4. The Morgan fingerprint density at radius 1 is 0.792 bits per heavy atom. The molecule has 0 spiro atoms. The Hall–Kier alpha value is -6.09. The molecule has 1 saturated carbocycles. The summed E-state index contributed by atoms with van der Waals surface area (Å²) in [5, 5.41) is 14.6. The maximum Gasteiger partial charge on any atom is 0.274 e. The highest BCUT2D eigenvalue weighted by Crippen LogP contribution is 2.41. The maximum atomic E-state index is 13.4. The van der Waals surface area contributed by atoms with Gasteiger partial charge in [-0.05, 0) is 72.9 Å². The molecule has 2 aromatic heterocycles. The number of imidazole rings is 1. The number of aromatic nitrogens is 5. The van der Waals surface area contributed by atoms with Crippen LogP contribution in [-0.4, -0.2) is 48.9 Å². The molecule has 1 fully saturated rings. The molecule has 6 aromatic rings. The van der Waals surface area contributed by atoms with Crippen LogP contribution in [0.25, 0.3) is 17.8 Å². The molecule has 0 saturated heterocycles. The minimum Gasteiger partial charge on any atom is -0.352 e. The van der Waals surface area contributed by atoms with Gasteiger partial charge in [-0.25, -0.2) is 9.67 Å². The summed E-state index contributed by atoms with van der Waals surface area (Å²) in [7, 11) is 0. The molecule has 238 valence electrons. The fraction of sp³-hybridized carbons (Fsp3) is 0.154. The minimum atomic E-state index is -0.764. The molecule has 0 aliphatic heterocycles. The molecule has 9 heteroatoms. The highest BCUT2D eigenvalue weighted by molar-refractivity contribution is 5.97. The smallest absolute Gasteiger partial charge is 0.274 e. The Morgan fingerprint density at radius 2 is 1.38 bits per heavy atom. The Labute approximate surface area is 279 Å². The molecule has 2 heterocycles. The number of benzene rings is 4. The molecular formula is C39H35N7O2. The molecule has 9 nitrogen and oxygen atoms in total. The molecule has 0 bridgehead atoms. The second-order valence-corrected chi connectivity index (χ2v) is 11.7. The fourth-order valence-electron chi connectivity index (χ4n) is 6.12. The first-order valence-corrected chi connectivity index (χ1v) is 16.1. The van der Waals surface area contributed by atoms with Gasteiger partial charge in [-0.15, -0.1) is 5.10 Å². The van der Waals surface area contributed by atoms with E-state index in [2.05, 4.69) is 98.3 Å². The number of carbonyl (C=O) groups is 2. The quantitative estimate of drug-likeness (QED) is 0.167. The molecule has 2 N–H and O–H groups in total. The van der Waals surface area contributed by atoms with Gasteiger partial charge in [0.25, 0.3) is 11.8 Å². The van der Waals surface area contributed by atoms with Crippen molar-refractivity contribution in [2.24, 2.45) is 0 Å². The van der Waals surface area contributed by atoms with Crippen molar-refractivity contribution in [3.63, 3.8) is 0 Å². The summed E-state index contributed by atoms with van der Waals surface area (Å²) in [6.45, 7) is 2.41. The normalized spacial score (nSPS) is 13.0. The van der Waals surface area contributed by atoms with E-state index >= 15 is 0 Å². The summed E-state index contributed by atoms with van der Waals surface area (Å²) in [6, 6.07) is 38.4. The third-order valence-electron chi connectivity index (χ3n) is 8.54. The van der Waals surface area contributed by atoms with Crippen LogP contribution in [0.15, 0.2) is 128 Å². The molecule has 0 unspecified atom stereocenters. The van der Waals surface area contributed by atoms with Gasteiger partial charge in [0.2, 0.25) is 0 Å².